The van der Waals surface area contributed by atoms with Crippen LogP contribution in [0.25, 0.3) is 5.82 Å². The van der Waals surface area contributed by atoms with Gasteiger partial charge in [-0.3, -0.25) is 9.48 Å². The number of nitrogens with zero attached hydrogens (tertiary/aromatic N) is 5. The molecule has 0 spiro atoms. The molecule has 9 nitrogen and oxygen atoms in total. The summed E-state index contributed by atoms with van der Waals surface area (Å²) in [5, 5.41) is 25.3. The number of amides is 1. The Hall–Kier alpha value is -3.66. The van der Waals surface area contributed by atoms with E-state index in [1.807, 2.05) is 39.4 Å². The molecule has 0 atom stereocenters. The van der Waals surface area contributed by atoms with Crippen LogP contribution >= 0.6 is 11.3 Å². The van der Waals surface area contributed by atoms with Gasteiger partial charge >= 0.3 is 0 Å². The second kappa shape index (κ2) is 7.64. The molecule has 0 saturated carbocycles. The van der Waals surface area contributed by atoms with Crippen molar-refractivity contribution in [2.45, 2.75) is 20.8 Å². The number of thiazole rings is 1. The number of phenols is 1. The Balaban J connectivity index is 1.50. The minimum atomic E-state index is -0.284. The second-order valence-corrected chi connectivity index (χ2v) is 7.99. The first-order valence-electron chi connectivity index (χ1n) is 9.21. The fraction of sp³-hybridized carbons (Fsp3) is 0.200. The largest absolute Gasteiger partial charge is 0.508 e. The standard InChI is InChI=1S/C20H21N7O2S/c1-11-5-6-14(28)13(3)17(11)22-19(29)15-9-21-20(30-15)23-18-12(2)10-27(25-18)16-7-8-26(4)24-16/h5-10,28H,1-4H3,(H,22,29)(H,21,23,25). The molecule has 10 heteroatoms. The van der Waals surface area contributed by atoms with Crippen LogP contribution < -0.4 is 10.6 Å². The Morgan fingerprint density at radius 3 is 2.67 bits per heavy atom. The fourth-order valence-corrected chi connectivity index (χ4v) is 3.68. The van der Waals surface area contributed by atoms with Gasteiger partial charge in [-0.1, -0.05) is 17.4 Å². The third kappa shape index (κ3) is 3.77. The molecule has 3 aromatic heterocycles. The maximum Gasteiger partial charge on any atom is 0.267 e. The van der Waals surface area contributed by atoms with Gasteiger partial charge in [-0.15, -0.1) is 5.10 Å². The predicted octanol–water partition coefficient (Wildman–Crippen LogP) is 3.69. The maximum atomic E-state index is 12.7. The molecule has 1 aromatic carbocycles. The van der Waals surface area contributed by atoms with E-state index in [0.717, 1.165) is 11.1 Å². The Labute approximate surface area is 177 Å². The normalized spacial score (nSPS) is 10.9. The van der Waals surface area contributed by atoms with Crippen molar-refractivity contribution in [1.29, 1.82) is 0 Å². The Kier molecular flexibility index (Phi) is 5.00. The molecule has 0 aliphatic rings. The predicted molar refractivity (Wildman–Crippen MR) is 116 cm³/mol. The number of anilines is 3. The van der Waals surface area contributed by atoms with Crippen LogP contribution in [0.15, 0.2) is 36.8 Å². The van der Waals surface area contributed by atoms with Gasteiger partial charge in [-0.2, -0.15) is 5.10 Å². The monoisotopic (exact) mass is 423 g/mol. The van der Waals surface area contributed by atoms with E-state index in [4.69, 9.17) is 0 Å². The second-order valence-electron chi connectivity index (χ2n) is 6.96. The van der Waals surface area contributed by atoms with Crippen molar-refractivity contribution in [3.8, 4) is 11.6 Å². The average molecular weight is 424 g/mol. The fourth-order valence-electron chi connectivity index (χ4n) is 2.97. The van der Waals surface area contributed by atoms with Crippen molar-refractivity contribution < 1.29 is 9.90 Å². The van der Waals surface area contributed by atoms with E-state index in [1.54, 1.807) is 28.4 Å². The average Bonchev–Trinajstić information content (AvgIpc) is 3.43. The summed E-state index contributed by atoms with van der Waals surface area (Å²) in [6, 6.07) is 5.24. The smallest absolute Gasteiger partial charge is 0.267 e. The van der Waals surface area contributed by atoms with Crippen LogP contribution in [0.3, 0.4) is 0 Å². The van der Waals surface area contributed by atoms with Gasteiger partial charge in [0.1, 0.15) is 10.6 Å². The first kappa shape index (κ1) is 19.6. The topological polar surface area (TPSA) is 110 Å². The highest BCUT2D eigenvalue weighted by molar-refractivity contribution is 7.17. The first-order valence-corrected chi connectivity index (χ1v) is 10.0. The lowest BCUT2D eigenvalue weighted by molar-refractivity contribution is 0.103. The van der Waals surface area contributed by atoms with Gasteiger partial charge in [0.05, 0.1) is 11.9 Å². The number of phenolic OH excluding ortho intramolecular Hbond substituents is 1. The summed E-state index contributed by atoms with van der Waals surface area (Å²) in [5.41, 5.74) is 3.03. The Morgan fingerprint density at radius 2 is 1.93 bits per heavy atom. The van der Waals surface area contributed by atoms with Gasteiger partial charge in [0.25, 0.3) is 5.91 Å². The molecule has 0 radical (unpaired) electrons. The molecule has 4 rings (SSSR count). The third-order valence-corrected chi connectivity index (χ3v) is 5.58. The quantitative estimate of drug-likeness (QED) is 0.452. The third-order valence-electron chi connectivity index (χ3n) is 4.67. The number of aromatic hydroxyl groups is 1. The number of carbonyl (C=O) groups excluding carboxylic acids is 1. The van der Waals surface area contributed by atoms with Crippen molar-refractivity contribution in [1.82, 2.24) is 24.5 Å². The molecule has 0 aliphatic heterocycles. The number of aromatic nitrogens is 5. The lowest BCUT2D eigenvalue weighted by atomic mass is 10.1. The van der Waals surface area contributed by atoms with E-state index in [9.17, 15) is 9.90 Å². The van der Waals surface area contributed by atoms with Gasteiger partial charge in [-0.25, -0.2) is 9.67 Å². The minimum Gasteiger partial charge on any atom is -0.508 e. The van der Waals surface area contributed by atoms with Gasteiger partial charge in [-0.05, 0) is 32.4 Å². The van der Waals surface area contributed by atoms with Crippen molar-refractivity contribution in [2.75, 3.05) is 10.6 Å². The molecule has 0 fully saturated rings. The molecule has 154 valence electrons. The van der Waals surface area contributed by atoms with Gasteiger partial charge in [0.15, 0.2) is 16.8 Å². The summed E-state index contributed by atoms with van der Waals surface area (Å²) in [6.45, 7) is 5.57. The first-order chi connectivity index (χ1) is 14.3. The molecule has 0 bridgehead atoms. The van der Waals surface area contributed by atoms with E-state index in [2.05, 4.69) is 25.8 Å². The van der Waals surface area contributed by atoms with E-state index in [1.165, 1.54) is 17.5 Å². The molecule has 0 unspecified atom stereocenters. The minimum absolute atomic E-state index is 0.140. The van der Waals surface area contributed by atoms with Gasteiger partial charge in [0, 0.05) is 36.6 Å². The molecule has 4 aromatic rings. The highest BCUT2D eigenvalue weighted by Crippen LogP contribution is 2.30. The van der Waals surface area contributed by atoms with Gasteiger partial charge < -0.3 is 15.7 Å². The zero-order valence-electron chi connectivity index (χ0n) is 17.0. The van der Waals surface area contributed by atoms with E-state index >= 15 is 0 Å². The number of aryl methyl sites for hydroxylation is 3. The number of rotatable bonds is 5. The summed E-state index contributed by atoms with van der Waals surface area (Å²) in [4.78, 5) is 17.4. The SMILES string of the molecule is Cc1cn(-c2ccn(C)n2)nc1Nc1ncc(C(=O)Nc2c(C)ccc(O)c2C)s1. The van der Waals surface area contributed by atoms with Crippen LogP contribution in [-0.2, 0) is 7.05 Å². The Bertz CT molecular complexity index is 1240. The number of hydrogen-bond donors (Lipinski definition) is 3. The summed E-state index contributed by atoms with van der Waals surface area (Å²) < 4.78 is 3.40. The van der Waals surface area contributed by atoms with Crippen LogP contribution in [0.2, 0.25) is 0 Å². The summed E-state index contributed by atoms with van der Waals surface area (Å²) >= 11 is 1.22. The van der Waals surface area contributed by atoms with E-state index in [-0.39, 0.29) is 11.7 Å². The van der Waals surface area contributed by atoms with Crippen molar-refractivity contribution in [3.05, 3.63) is 58.4 Å². The highest BCUT2D eigenvalue weighted by atomic mass is 32.1. The van der Waals surface area contributed by atoms with Crippen molar-refractivity contribution in [3.63, 3.8) is 0 Å². The molecule has 3 N–H and O–H groups in total. The molecule has 0 saturated heterocycles. The molecule has 0 aliphatic carbocycles. The van der Waals surface area contributed by atoms with Crippen molar-refractivity contribution in [2.24, 2.45) is 7.05 Å². The maximum absolute atomic E-state index is 12.7. The summed E-state index contributed by atoms with van der Waals surface area (Å²) in [5.74, 6) is 1.21. The van der Waals surface area contributed by atoms with Crippen LogP contribution in [0.5, 0.6) is 5.75 Å². The molecule has 1 amide bonds. The van der Waals surface area contributed by atoms with Crippen LogP contribution in [-0.4, -0.2) is 35.6 Å². The lowest BCUT2D eigenvalue weighted by Crippen LogP contribution is -2.12. The Morgan fingerprint density at radius 1 is 1.13 bits per heavy atom. The molecular formula is C20H21N7O2S. The molecular weight excluding hydrogens is 402 g/mol. The van der Waals surface area contributed by atoms with Crippen LogP contribution in [0.4, 0.5) is 16.6 Å². The number of nitrogens with one attached hydrogen (secondary N) is 2. The van der Waals surface area contributed by atoms with Crippen LogP contribution in [0, 0.1) is 20.8 Å². The van der Waals surface area contributed by atoms with Crippen molar-refractivity contribution >= 4 is 33.9 Å². The van der Waals surface area contributed by atoms with Crippen LogP contribution in [0.1, 0.15) is 26.4 Å². The summed E-state index contributed by atoms with van der Waals surface area (Å²) in [6.07, 6.45) is 5.24. The summed E-state index contributed by atoms with van der Waals surface area (Å²) in [7, 11) is 1.85. The van der Waals surface area contributed by atoms with Gasteiger partial charge in [0.2, 0.25) is 0 Å². The zero-order chi connectivity index (χ0) is 21.4. The number of benzene rings is 1. The number of carbonyl (C=O) groups is 1. The van der Waals surface area contributed by atoms with E-state index < -0.39 is 0 Å². The zero-order valence-corrected chi connectivity index (χ0v) is 17.8. The number of hydrogen-bond acceptors (Lipinski definition) is 7. The molecule has 30 heavy (non-hydrogen) atoms. The lowest BCUT2D eigenvalue weighted by Gasteiger charge is -2.11. The highest BCUT2D eigenvalue weighted by Gasteiger charge is 2.16. The van der Waals surface area contributed by atoms with E-state index in [0.29, 0.717) is 32.9 Å². The molecule has 3 heterocycles.